The van der Waals surface area contributed by atoms with E-state index in [4.69, 9.17) is 5.73 Å². The van der Waals surface area contributed by atoms with Crippen molar-refractivity contribution in [3.8, 4) is 0 Å². The molecule has 0 saturated carbocycles. The number of carbonyl (C=O) groups is 1. The quantitative estimate of drug-likeness (QED) is 0.868. The van der Waals surface area contributed by atoms with Crippen molar-refractivity contribution in [2.24, 2.45) is 11.7 Å². The maximum atomic E-state index is 12.0. The first-order chi connectivity index (χ1) is 9.29. The fourth-order valence-electron chi connectivity index (χ4n) is 2.15. The van der Waals surface area contributed by atoms with E-state index in [1.807, 2.05) is 13.8 Å². The van der Waals surface area contributed by atoms with E-state index in [0.29, 0.717) is 6.54 Å². The topological polar surface area (TPSA) is 55.1 Å². The lowest BCUT2D eigenvalue weighted by atomic mass is 9.86. The lowest BCUT2D eigenvalue weighted by Gasteiger charge is -2.21. The number of hydrogen-bond donors (Lipinski definition) is 2. The molecular weight excluding hydrogens is 248 g/mol. The van der Waals surface area contributed by atoms with Gasteiger partial charge in [-0.1, -0.05) is 52.0 Å². The van der Waals surface area contributed by atoms with Gasteiger partial charge in [0.1, 0.15) is 0 Å². The van der Waals surface area contributed by atoms with Gasteiger partial charge in [-0.2, -0.15) is 0 Å². The van der Waals surface area contributed by atoms with Crippen molar-refractivity contribution in [1.29, 1.82) is 0 Å². The van der Waals surface area contributed by atoms with Crippen molar-refractivity contribution in [1.82, 2.24) is 5.32 Å². The van der Waals surface area contributed by atoms with Crippen molar-refractivity contribution >= 4 is 5.91 Å². The second-order valence-electron chi connectivity index (χ2n) is 6.44. The SMILES string of the molecule is CCC(CN)C(=O)NC(C)c1ccc(C(C)(C)C)cc1. The number of amides is 1. The molecule has 1 aromatic carbocycles. The summed E-state index contributed by atoms with van der Waals surface area (Å²) in [5, 5.41) is 3.04. The summed E-state index contributed by atoms with van der Waals surface area (Å²) in [4.78, 5) is 12.0. The number of benzene rings is 1. The molecule has 0 aliphatic carbocycles. The molecule has 2 unspecified atom stereocenters. The molecule has 1 aromatic rings. The van der Waals surface area contributed by atoms with Crippen LogP contribution < -0.4 is 11.1 Å². The first-order valence-corrected chi connectivity index (χ1v) is 7.40. The summed E-state index contributed by atoms with van der Waals surface area (Å²) in [5.41, 5.74) is 8.18. The van der Waals surface area contributed by atoms with Gasteiger partial charge in [0, 0.05) is 12.5 Å². The van der Waals surface area contributed by atoms with Gasteiger partial charge in [-0.15, -0.1) is 0 Å². The minimum atomic E-state index is -0.0914. The van der Waals surface area contributed by atoms with E-state index in [0.717, 1.165) is 12.0 Å². The van der Waals surface area contributed by atoms with E-state index in [-0.39, 0.29) is 23.3 Å². The lowest BCUT2D eigenvalue weighted by molar-refractivity contribution is -0.125. The molecule has 2 atom stereocenters. The highest BCUT2D eigenvalue weighted by Gasteiger charge is 2.18. The highest BCUT2D eigenvalue weighted by atomic mass is 16.1. The third-order valence-electron chi connectivity index (χ3n) is 3.78. The average molecular weight is 276 g/mol. The van der Waals surface area contributed by atoms with Gasteiger partial charge in [-0.05, 0) is 29.9 Å². The van der Waals surface area contributed by atoms with E-state index in [1.165, 1.54) is 5.56 Å². The van der Waals surface area contributed by atoms with E-state index in [2.05, 4.69) is 50.4 Å². The molecule has 0 aromatic heterocycles. The third-order valence-corrected chi connectivity index (χ3v) is 3.78. The average Bonchev–Trinajstić information content (AvgIpc) is 2.39. The zero-order valence-electron chi connectivity index (χ0n) is 13.4. The maximum absolute atomic E-state index is 12.0. The van der Waals surface area contributed by atoms with Gasteiger partial charge in [-0.25, -0.2) is 0 Å². The van der Waals surface area contributed by atoms with Crippen molar-refractivity contribution in [3.05, 3.63) is 35.4 Å². The largest absolute Gasteiger partial charge is 0.349 e. The second kappa shape index (κ2) is 6.89. The molecule has 0 heterocycles. The Hall–Kier alpha value is -1.35. The molecule has 0 bridgehead atoms. The van der Waals surface area contributed by atoms with Crippen LogP contribution in [0.2, 0.25) is 0 Å². The van der Waals surface area contributed by atoms with Gasteiger partial charge in [0.05, 0.1) is 6.04 Å². The number of rotatable bonds is 5. The van der Waals surface area contributed by atoms with E-state index in [1.54, 1.807) is 0 Å². The summed E-state index contributed by atoms with van der Waals surface area (Å²) in [6.45, 7) is 11.0. The first-order valence-electron chi connectivity index (χ1n) is 7.40. The minimum absolute atomic E-state index is 0.0112. The van der Waals surface area contributed by atoms with Gasteiger partial charge in [0.25, 0.3) is 0 Å². The van der Waals surface area contributed by atoms with E-state index < -0.39 is 0 Å². The molecule has 0 aliphatic rings. The number of nitrogens with two attached hydrogens (primary N) is 1. The summed E-state index contributed by atoms with van der Waals surface area (Å²) in [6.07, 6.45) is 0.776. The van der Waals surface area contributed by atoms with Crippen LogP contribution in [-0.2, 0) is 10.2 Å². The maximum Gasteiger partial charge on any atom is 0.224 e. The van der Waals surface area contributed by atoms with E-state index in [9.17, 15) is 4.79 Å². The monoisotopic (exact) mass is 276 g/mol. The van der Waals surface area contributed by atoms with Gasteiger partial charge in [-0.3, -0.25) is 4.79 Å². The van der Waals surface area contributed by atoms with Gasteiger partial charge in [0.15, 0.2) is 0 Å². The van der Waals surface area contributed by atoms with Crippen LogP contribution >= 0.6 is 0 Å². The van der Waals surface area contributed by atoms with Crippen LogP contribution in [0.4, 0.5) is 0 Å². The van der Waals surface area contributed by atoms with Crippen LogP contribution in [0, 0.1) is 5.92 Å². The summed E-state index contributed by atoms with van der Waals surface area (Å²) in [5.74, 6) is -0.0475. The standard InChI is InChI=1S/C17H28N2O/c1-6-13(11-18)16(20)19-12(2)14-7-9-15(10-8-14)17(3,4)5/h7-10,12-13H,6,11,18H2,1-5H3,(H,19,20). The summed E-state index contributed by atoms with van der Waals surface area (Å²) < 4.78 is 0. The molecule has 0 aliphatic heterocycles. The minimum Gasteiger partial charge on any atom is -0.349 e. The molecular formula is C17H28N2O. The highest BCUT2D eigenvalue weighted by molar-refractivity contribution is 5.79. The molecule has 0 fully saturated rings. The Balaban J connectivity index is 2.73. The lowest BCUT2D eigenvalue weighted by Crippen LogP contribution is -2.36. The Morgan fingerprint density at radius 1 is 1.25 bits per heavy atom. The van der Waals surface area contributed by atoms with Crippen LogP contribution in [-0.4, -0.2) is 12.5 Å². The molecule has 0 saturated heterocycles. The van der Waals surface area contributed by atoms with Crippen molar-refractivity contribution in [2.45, 2.75) is 52.5 Å². The van der Waals surface area contributed by atoms with Gasteiger partial charge in [0.2, 0.25) is 5.91 Å². The Kier molecular flexibility index (Phi) is 5.75. The Morgan fingerprint density at radius 2 is 1.80 bits per heavy atom. The molecule has 112 valence electrons. The van der Waals surface area contributed by atoms with Crippen molar-refractivity contribution < 1.29 is 4.79 Å². The zero-order chi connectivity index (χ0) is 15.3. The molecule has 0 radical (unpaired) electrons. The summed E-state index contributed by atoms with van der Waals surface area (Å²) in [7, 11) is 0. The Morgan fingerprint density at radius 3 is 2.20 bits per heavy atom. The Bertz CT molecular complexity index is 427. The van der Waals surface area contributed by atoms with Crippen LogP contribution in [0.15, 0.2) is 24.3 Å². The predicted octanol–water partition coefficient (Wildman–Crippen LogP) is 3.15. The fourth-order valence-corrected chi connectivity index (χ4v) is 2.15. The zero-order valence-corrected chi connectivity index (χ0v) is 13.4. The summed E-state index contributed by atoms with van der Waals surface area (Å²) in [6, 6.07) is 8.47. The predicted molar refractivity (Wildman–Crippen MR) is 84.5 cm³/mol. The van der Waals surface area contributed by atoms with Crippen LogP contribution in [0.3, 0.4) is 0 Å². The molecule has 0 spiro atoms. The normalized spacial score (nSPS) is 14.7. The molecule has 3 N–H and O–H groups in total. The summed E-state index contributed by atoms with van der Waals surface area (Å²) >= 11 is 0. The van der Waals surface area contributed by atoms with Gasteiger partial charge < -0.3 is 11.1 Å². The number of hydrogen-bond acceptors (Lipinski definition) is 2. The van der Waals surface area contributed by atoms with Crippen molar-refractivity contribution in [2.75, 3.05) is 6.54 Å². The van der Waals surface area contributed by atoms with Gasteiger partial charge >= 0.3 is 0 Å². The smallest absolute Gasteiger partial charge is 0.224 e. The number of carbonyl (C=O) groups excluding carboxylic acids is 1. The number of nitrogens with one attached hydrogen (secondary N) is 1. The van der Waals surface area contributed by atoms with Crippen molar-refractivity contribution in [3.63, 3.8) is 0 Å². The molecule has 3 heteroatoms. The second-order valence-corrected chi connectivity index (χ2v) is 6.44. The van der Waals surface area contributed by atoms with Crippen LogP contribution in [0.5, 0.6) is 0 Å². The molecule has 20 heavy (non-hydrogen) atoms. The first kappa shape index (κ1) is 16.7. The third kappa shape index (κ3) is 4.34. The molecule has 1 amide bonds. The Labute approximate surface area is 122 Å². The van der Waals surface area contributed by atoms with E-state index >= 15 is 0 Å². The van der Waals surface area contributed by atoms with Crippen LogP contribution in [0.1, 0.15) is 58.2 Å². The van der Waals surface area contributed by atoms with Crippen LogP contribution in [0.25, 0.3) is 0 Å². The molecule has 1 rings (SSSR count). The highest BCUT2D eigenvalue weighted by Crippen LogP contribution is 2.24. The fraction of sp³-hybridized carbons (Fsp3) is 0.588. The molecule has 3 nitrogen and oxygen atoms in total.